The van der Waals surface area contributed by atoms with Crippen molar-refractivity contribution in [2.75, 3.05) is 24.3 Å². The molecule has 4 nitrogen and oxygen atoms in total. The van der Waals surface area contributed by atoms with E-state index < -0.39 is 17.6 Å². The van der Waals surface area contributed by atoms with Crippen LogP contribution in [-0.2, 0) is 15.7 Å². The molecule has 0 aromatic heterocycles. The zero-order valence-corrected chi connectivity index (χ0v) is 11.3. The Morgan fingerprint density at radius 3 is 2.55 bits per heavy atom. The van der Waals surface area contributed by atoms with Gasteiger partial charge in [0.05, 0.1) is 16.9 Å². The van der Waals surface area contributed by atoms with E-state index in [-0.39, 0.29) is 18.0 Å². The molecule has 1 rings (SSSR count). The summed E-state index contributed by atoms with van der Waals surface area (Å²) < 4.78 is 42.4. The Morgan fingerprint density at radius 2 is 2.05 bits per heavy atom. The van der Waals surface area contributed by atoms with Gasteiger partial charge in [0, 0.05) is 6.61 Å². The van der Waals surface area contributed by atoms with Gasteiger partial charge in [-0.3, -0.25) is 4.79 Å². The van der Waals surface area contributed by atoms with Crippen LogP contribution >= 0.6 is 0 Å². The van der Waals surface area contributed by atoms with Crippen molar-refractivity contribution >= 4 is 17.3 Å². The maximum absolute atomic E-state index is 12.4. The Labute approximate surface area is 115 Å². The Bertz CT molecular complexity index is 473. The molecule has 0 saturated carbocycles. The number of benzene rings is 1. The Morgan fingerprint density at radius 1 is 1.40 bits per heavy atom. The third-order valence-electron chi connectivity index (χ3n) is 2.34. The number of carbonyl (C=O) groups is 1. The number of hydrogen-bond acceptors (Lipinski definition) is 3. The van der Waals surface area contributed by atoms with Crippen LogP contribution < -0.4 is 11.1 Å². The molecular formula is C13H17F3N2O2. The lowest BCUT2D eigenvalue weighted by Crippen LogP contribution is -2.20. The molecule has 0 aliphatic carbocycles. The van der Waals surface area contributed by atoms with Crippen LogP contribution in [0.3, 0.4) is 0 Å². The third-order valence-corrected chi connectivity index (χ3v) is 2.34. The summed E-state index contributed by atoms with van der Waals surface area (Å²) in [6, 6.07) is 2.77. The van der Waals surface area contributed by atoms with Crippen molar-refractivity contribution in [2.24, 2.45) is 5.92 Å². The predicted molar refractivity (Wildman–Crippen MR) is 70.1 cm³/mol. The van der Waals surface area contributed by atoms with E-state index in [1.807, 2.05) is 13.8 Å². The number of ether oxygens (including phenoxy) is 1. The summed E-state index contributed by atoms with van der Waals surface area (Å²) in [5, 5.41) is 2.41. The third kappa shape index (κ3) is 5.08. The predicted octanol–water partition coefficient (Wildman–Crippen LogP) is 2.90. The monoisotopic (exact) mass is 290 g/mol. The normalized spacial score (nSPS) is 11.7. The molecule has 20 heavy (non-hydrogen) atoms. The second-order valence-electron chi connectivity index (χ2n) is 4.76. The molecule has 0 bridgehead atoms. The molecular weight excluding hydrogens is 273 g/mol. The number of amides is 1. The topological polar surface area (TPSA) is 64.3 Å². The van der Waals surface area contributed by atoms with Gasteiger partial charge in [-0.1, -0.05) is 13.8 Å². The molecule has 0 aliphatic heterocycles. The average molecular weight is 290 g/mol. The molecule has 1 aromatic rings. The van der Waals surface area contributed by atoms with Gasteiger partial charge in [0.1, 0.15) is 6.61 Å². The average Bonchev–Trinajstić information content (AvgIpc) is 2.29. The van der Waals surface area contributed by atoms with Crippen LogP contribution in [0.4, 0.5) is 24.5 Å². The van der Waals surface area contributed by atoms with Gasteiger partial charge in [-0.2, -0.15) is 13.2 Å². The molecule has 0 aliphatic rings. The van der Waals surface area contributed by atoms with Gasteiger partial charge >= 0.3 is 6.18 Å². The van der Waals surface area contributed by atoms with Gasteiger partial charge in [0.15, 0.2) is 0 Å². The lowest BCUT2D eigenvalue weighted by molar-refractivity contribution is -0.137. The maximum atomic E-state index is 12.4. The minimum absolute atomic E-state index is 0.135. The zero-order chi connectivity index (χ0) is 15.3. The van der Waals surface area contributed by atoms with Gasteiger partial charge in [-0.25, -0.2) is 0 Å². The van der Waals surface area contributed by atoms with E-state index in [4.69, 9.17) is 10.5 Å². The number of halogens is 3. The van der Waals surface area contributed by atoms with Crippen molar-refractivity contribution in [3.63, 3.8) is 0 Å². The first-order chi connectivity index (χ1) is 9.20. The molecule has 112 valence electrons. The summed E-state index contributed by atoms with van der Waals surface area (Å²) in [5.41, 5.74) is 4.62. The summed E-state index contributed by atoms with van der Waals surface area (Å²) in [7, 11) is 0. The molecule has 3 N–H and O–H groups in total. The summed E-state index contributed by atoms with van der Waals surface area (Å²) in [6.45, 7) is 4.13. The second-order valence-corrected chi connectivity index (χ2v) is 4.76. The van der Waals surface area contributed by atoms with E-state index in [2.05, 4.69) is 5.32 Å². The van der Waals surface area contributed by atoms with Crippen molar-refractivity contribution in [1.82, 2.24) is 0 Å². The molecule has 0 fully saturated rings. The smallest absolute Gasteiger partial charge is 0.397 e. The van der Waals surface area contributed by atoms with Crippen LogP contribution in [-0.4, -0.2) is 19.1 Å². The number of nitrogens with two attached hydrogens (primary N) is 1. The highest BCUT2D eigenvalue weighted by atomic mass is 19.4. The Balaban J connectivity index is 2.62. The summed E-state index contributed by atoms with van der Waals surface area (Å²) >= 11 is 0. The molecule has 0 heterocycles. The van der Waals surface area contributed by atoms with E-state index in [0.717, 1.165) is 18.2 Å². The van der Waals surface area contributed by atoms with Crippen LogP contribution in [0.15, 0.2) is 18.2 Å². The quantitative estimate of drug-likeness (QED) is 0.819. The number of carbonyl (C=O) groups excluding carboxylic acids is 1. The van der Waals surface area contributed by atoms with Crippen molar-refractivity contribution in [1.29, 1.82) is 0 Å². The van der Waals surface area contributed by atoms with Gasteiger partial charge in [-0.05, 0) is 24.1 Å². The fourth-order valence-electron chi connectivity index (χ4n) is 1.43. The highest BCUT2D eigenvalue weighted by Gasteiger charge is 2.30. The molecule has 1 amide bonds. The van der Waals surface area contributed by atoms with E-state index >= 15 is 0 Å². The minimum Gasteiger partial charge on any atom is -0.397 e. The molecule has 0 atom stereocenters. The largest absolute Gasteiger partial charge is 0.416 e. The minimum atomic E-state index is -4.46. The standard InChI is InChI=1S/C13H17F3N2O2/c1-8(2)6-20-7-12(19)18-11-4-3-9(5-10(11)17)13(14,15)16/h3-5,8H,6-7,17H2,1-2H3,(H,18,19). The van der Waals surface area contributed by atoms with Crippen LogP contribution in [0.5, 0.6) is 0 Å². The first kappa shape index (κ1) is 16.3. The lowest BCUT2D eigenvalue weighted by Gasteiger charge is -2.12. The number of anilines is 2. The molecule has 1 aromatic carbocycles. The van der Waals surface area contributed by atoms with Gasteiger partial charge in [-0.15, -0.1) is 0 Å². The fourth-order valence-corrected chi connectivity index (χ4v) is 1.43. The van der Waals surface area contributed by atoms with Crippen molar-refractivity contribution < 1.29 is 22.7 Å². The molecule has 7 heteroatoms. The van der Waals surface area contributed by atoms with E-state index in [1.54, 1.807) is 0 Å². The maximum Gasteiger partial charge on any atom is 0.416 e. The number of alkyl halides is 3. The zero-order valence-electron chi connectivity index (χ0n) is 11.3. The highest BCUT2D eigenvalue weighted by Crippen LogP contribution is 2.32. The molecule has 0 spiro atoms. The summed E-state index contributed by atoms with van der Waals surface area (Å²) in [4.78, 5) is 11.5. The van der Waals surface area contributed by atoms with E-state index in [9.17, 15) is 18.0 Å². The summed E-state index contributed by atoms with van der Waals surface area (Å²) in [5.74, 6) is -0.170. The van der Waals surface area contributed by atoms with E-state index in [1.165, 1.54) is 0 Å². The van der Waals surface area contributed by atoms with E-state index in [0.29, 0.717) is 12.5 Å². The molecule has 0 unspecified atom stereocenters. The lowest BCUT2D eigenvalue weighted by atomic mass is 10.1. The Kier molecular flexibility index (Phi) is 5.38. The highest BCUT2D eigenvalue weighted by molar-refractivity contribution is 5.94. The van der Waals surface area contributed by atoms with Crippen molar-refractivity contribution in [2.45, 2.75) is 20.0 Å². The first-order valence-electron chi connectivity index (χ1n) is 6.04. The van der Waals surface area contributed by atoms with Crippen LogP contribution in [0.2, 0.25) is 0 Å². The van der Waals surface area contributed by atoms with Gasteiger partial charge < -0.3 is 15.8 Å². The number of nitrogens with one attached hydrogen (secondary N) is 1. The Hall–Kier alpha value is -1.76. The first-order valence-corrected chi connectivity index (χ1v) is 6.04. The van der Waals surface area contributed by atoms with Gasteiger partial charge in [0.2, 0.25) is 5.91 Å². The van der Waals surface area contributed by atoms with Gasteiger partial charge in [0.25, 0.3) is 0 Å². The van der Waals surface area contributed by atoms with Crippen LogP contribution in [0.1, 0.15) is 19.4 Å². The van der Waals surface area contributed by atoms with Crippen molar-refractivity contribution in [3.05, 3.63) is 23.8 Å². The van der Waals surface area contributed by atoms with Crippen LogP contribution in [0, 0.1) is 5.92 Å². The fraction of sp³-hybridized carbons (Fsp3) is 0.462. The SMILES string of the molecule is CC(C)COCC(=O)Nc1ccc(C(F)(F)F)cc1N. The molecule has 0 radical (unpaired) electrons. The van der Waals surface area contributed by atoms with Crippen LogP contribution in [0.25, 0.3) is 0 Å². The number of nitrogen functional groups attached to an aromatic ring is 1. The number of hydrogen-bond donors (Lipinski definition) is 2. The summed E-state index contributed by atoms with van der Waals surface area (Å²) in [6.07, 6.45) is -4.46. The number of rotatable bonds is 5. The molecule has 0 saturated heterocycles. The van der Waals surface area contributed by atoms with Crippen molar-refractivity contribution in [3.8, 4) is 0 Å². The second kappa shape index (κ2) is 6.60.